The third kappa shape index (κ3) is 5.32. The van der Waals surface area contributed by atoms with Crippen molar-refractivity contribution in [1.82, 2.24) is 5.32 Å². The number of ether oxygens (including phenoxy) is 1. The Balaban J connectivity index is 1.62. The molecule has 3 rings (SSSR count). The molecule has 1 aliphatic heterocycles. The van der Waals surface area contributed by atoms with Crippen molar-refractivity contribution in [3.63, 3.8) is 0 Å². The highest BCUT2D eigenvalue weighted by molar-refractivity contribution is 6.31. The van der Waals surface area contributed by atoms with Crippen molar-refractivity contribution < 1.29 is 19.0 Å². The maximum atomic E-state index is 13.2. The van der Waals surface area contributed by atoms with Crippen LogP contribution in [0.25, 0.3) is 0 Å². The molecule has 27 heavy (non-hydrogen) atoms. The number of halogens is 2. The largest absolute Gasteiger partial charge is 0.387 e. The van der Waals surface area contributed by atoms with Gasteiger partial charge in [0.05, 0.1) is 30.7 Å². The lowest BCUT2D eigenvalue weighted by molar-refractivity contribution is 0.123. The van der Waals surface area contributed by atoms with Crippen LogP contribution in [-0.2, 0) is 4.74 Å². The molecule has 0 spiro atoms. The van der Waals surface area contributed by atoms with Gasteiger partial charge >= 0.3 is 6.03 Å². The molecule has 8 heteroatoms. The molecule has 0 saturated carbocycles. The van der Waals surface area contributed by atoms with Crippen LogP contribution >= 0.6 is 11.6 Å². The second-order valence-corrected chi connectivity index (χ2v) is 6.60. The van der Waals surface area contributed by atoms with Gasteiger partial charge < -0.3 is 25.4 Å². The summed E-state index contributed by atoms with van der Waals surface area (Å²) in [7, 11) is 0. The third-order valence-electron chi connectivity index (χ3n) is 4.25. The van der Waals surface area contributed by atoms with Crippen molar-refractivity contribution in [2.24, 2.45) is 0 Å². The molecule has 0 radical (unpaired) electrons. The van der Waals surface area contributed by atoms with E-state index in [4.69, 9.17) is 16.3 Å². The number of benzene rings is 2. The number of hydrogen-bond acceptors (Lipinski definition) is 4. The molecule has 1 saturated heterocycles. The van der Waals surface area contributed by atoms with Crippen molar-refractivity contribution in [1.29, 1.82) is 0 Å². The van der Waals surface area contributed by atoms with Crippen LogP contribution < -0.4 is 15.5 Å². The van der Waals surface area contributed by atoms with E-state index < -0.39 is 18.0 Å². The van der Waals surface area contributed by atoms with Crippen molar-refractivity contribution in [3.8, 4) is 0 Å². The summed E-state index contributed by atoms with van der Waals surface area (Å²) in [6, 6.07) is 10.4. The number of nitrogens with zero attached hydrogens (tertiary/aromatic N) is 1. The normalized spacial score (nSPS) is 15.3. The van der Waals surface area contributed by atoms with Crippen LogP contribution in [-0.4, -0.2) is 44.0 Å². The van der Waals surface area contributed by atoms with Crippen LogP contribution in [0, 0.1) is 5.82 Å². The van der Waals surface area contributed by atoms with E-state index >= 15 is 0 Å². The van der Waals surface area contributed by atoms with Crippen LogP contribution in [0.2, 0.25) is 5.02 Å². The van der Waals surface area contributed by atoms with Gasteiger partial charge in [-0.2, -0.15) is 0 Å². The predicted molar refractivity (Wildman–Crippen MR) is 103 cm³/mol. The Morgan fingerprint density at radius 1 is 1.26 bits per heavy atom. The molecule has 1 fully saturated rings. The monoisotopic (exact) mass is 393 g/mol. The molecule has 1 atom stereocenters. The molecule has 1 heterocycles. The smallest absolute Gasteiger partial charge is 0.319 e. The average Bonchev–Trinajstić information content (AvgIpc) is 2.67. The second-order valence-electron chi connectivity index (χ2n) is 6.17. The van der Waals surface area contributed by atoms with Gasteiger partial charge in [-0.05, 0) is 35.9 Å². The van der Waals surface area contributed by atoms with Crippen LogP contribution in [0.5, 0.6) is 0 Å². The molecule has 2 aromatic rings. The molecule has 2 aromatic carbocycles. The average molecular weight is 394 g/mol. The molecule has 0 bridgehead atoms. The first kappa shape index (κ1) is 19.4. The number of urea groups is 1. The highest BCUT2D eigenvalue weighted by Crippen LogP contribution is 2.29. The molecule has 2 amide bonds. The number of carbonyl (C=O) groups is 1. The summed E-state index contributed by atoms with van der Waals surface area (Å²) in [5.74, 6) is -0.440. The maximum absolute atomic E-state index is 13.2. The molecular formula is C19H21ClFN3O3. The Kier molecular flexibility index (Phi) is 6.49. The summed E-state index contributed by atoms with van der Waals surface area (Å²) in [5.41, 5.74) is 1.82. The van der Waals surface area contributed by atoms with Gasteiger partial charge in [-0.1, -0.05) is 23.7 Å². The first-order chi connectivity index (χ1) is 13.0. The summed E-state index contributed by atoms with van der Waals surface area (Å²) in [4.78, 5) is 14.4. The molecule has 1 aliphatic rings. The molecular weight excluding hydrogens is 373 g/mol. The van der Waals surface area contributed by atoms with E-state index in [2.05, 4.69) is 15.5 Å². The van der Waals surface area contributed by atoms with Gasteiger partial charge in [0.1, 0.15) is 5.82 Å². The summed E-state index contributed by atoms with van der Waals surface area (Å²) < 4.78 is 18.6. The summed E-state index contributed by atoms with van der Waals surface area (Å²) in [5, 5.41) is 16.0. The minimum absolute atomic E-state index is 0.0528. The first-order valence-corrected chi connectivity index (χ1v) is 9.01. The Hall–Kier alpha value is -2.35. The van der Waals surface area contributed by atoms with E-state index in [0.29, 0.717) is 29.5 Å². The lowest BCUT2D eigenvalue weighted by Crippen LogP contribution is -2.37. The Morgan fingerprint density at radius 3 is 2.78 bits per heavy atom. The Bertz CT molecular complexity index is 800. The van der Waals surface area contributed by atoms with E-state index in [-0.39, 0.29) is 6.54 Å². The fraction of sp³-hybridized carbons (Fsp3) is 0.316. The summed E-state index contributed by atoms with van der Waals surface area (Å²) in [6.07, 6.45) is -1.01. The standard InChI is InChI=1S/C19H21ClFN3O3/c20-14-4-5-17(24-6-8-27-9-7-24)16(11-14)23-19(26)22-12-18(25)13-2-1-3-15(21)10-13/h1-5,10-11,18,25H,6-9,12H2,(H2,22,23,26). The van der Waals surface area contributed by atoms with E-state index in [0.717, 1.165) is 18.8 Å². The van der Waals surface area contributed by atoms with Gasteiger partial charge in [-0.25, -0.2) is 9.18 Å². The molecule has 144 valence electrons. The van der Waals surface area contributed by atoms with Gasteiger partial charge in [-0.3, -0.25) is 0 Å². The Labute approximate surface area is 161 Å². The number of carbonyl (C=O) groups excluding carboxylic acids is 1. The van der Waals surface area contributed by atoms with Gasteiger partial charge in [0, 0.05) is 24.7 Å². The minimum Gasteiger partial charge on any atom is -0.387 e. The lowest BCUT2D eigenvalue weighted by Gasteiger charge is -2.30. The van der Waals surface area contributed by atoms with Crippen molar-refractivity contribution in [2.75, 3.05) is 43.1 Å². The van der Waals surface area contributed by atoms with E-state index in [1.54, 1.807) is 18.2 Å². The molecule has 3 N–H and O–H groups in total. The predicted octanol–water partition coefficient (Wildman–Crippen LogP) is 3.17. The summed E-state index contributed by atoms with van der Waals surface area (Å²) >= 11 is 6.07. The van der Waals surface area contributed by atoms with Crippen LogP contribution in [0.3, 0.4) is 0 Å². The lowest BCUT2D eigenvalue weighted by atomic mass is 10.1. The number of aliphatic hydroxyl groups is 1. The van der Waals surface area contributed by atoms with Crippen molar-refractivity contribution in [2.45, 2.75) is 6.10 Å². The zero-order valence-electron chi connectivity index (χ0n) is 14.6. The molecule has 1 unspecified atom stereocenters. The first-order valence-electron chi connectivity index (χ1n) is 8.63. The third-order valence-corrected chi connectivity index (χ3v) is 4.48. The number of morpholine rings is 1. The fourth-order valence-corrected chi connectivity index (χ4v) is 3.05. The van der Waals surface area contributed by atoms with Gasteiger partial charge in [0.2, 0.25) is 0 Å². The zero-order valence-corrected chi connectivity index (χ0v) is 15.4. The number of nitrogens with one attached hydrogen (secondary N) is 2. The topological polar surface area (TPSA) is 73.8 Å². The highest BCUT2D eigenvalue weighted by atomic mass is 35.5. The SMILES string of the molecule is O=C(NCC(O)c1cccc(F)c1)Nc1cc(Cl)ccc1N1CCOCC1. The molecule has 0 aliphatic carbocycles. The van der Waals surface area contributed by atoms with Gasteiger partial charge in [-0.15, -0.1) is 0 Å². The van der Waals surface area contributed by atoms with Gasteiger partial charge in [0.25, 0.3) is 0 Å². The molecule has 0 aromatic heterocycles. The quantitative estimate of drug-likeness (QED) is 0.729. The van der Waals surface area contributed by atoms with Crippen molar-refractivity contribution in [3.05, 3.63) is 58.9 Å². The van der Waals surface area contributed by atoms with Crippen LogP contribution in [0.1, 0.15) is 11.7 Å². The van der Waals surface area contributed by atoms with Crippen LogP contribution in [0.15, 0.2) is 42.5 Å². The minimum atomic E-state index is -1.01. The number of aliphatic hydroxyl groups excluding tert-OH is 1. The van der Waals surface area contributed by atoms with Crippen LogP contribution in [0.4, 0.5) is 20.6 Å². The number of anilines is 2. The van der Waals surface area contributed by atoms with Crippen molar-refractivity contribution >= 4 is 29.0 Å². The summed E-state index contributed by atoms with van der Waals surface area (Å²) in [6.45, 7) is 2.62. The van der Waals surface area contributed by atoms with E-state index in [9.17, 15) is 14.3 Å². The maximum Gasteiger partial charge on any atom is 0.319 e. The van der Waals surface area contributed by atoms with E-state index in [1.807, 2.05) is 6.07 Å². The second kappa shape index (κ2) is 9.03. The Morgan fingerprint density at radius 2 is 2.04 bits per heavy atom. The molecule has 6 nitrogen and oxygen atoms in total. The zero-order chi connectivity index (χ0) is 19.2. The fourth-order valence-electron chi connectivity index (χ4n) is 2.88. The number of rotatable bonds is 5. The number of hydrogen-bond donors (Lipinski definition) is 3. The number of amides is 2. The van der Waals surface area contributed by atoms with Gasteiger partial charge in [0.15, 0.2) is 0 Å². The highest BCUT2D eigenvalue weighted by Gasteiger charge is 2.17. The van der Waals surface area contributed by atoms with E-state index in [1.165, 1.54) is 18.2 Å².